The van der Waals surface area contributed by atoms with E-state index in [4.69, 9.17) is 21.7 Å². The maximum atomic E-state index is 9.70. The van der Waals surface area contributed by atoms with Crippen LogP contribution in [0.4, 0.5) is 0 Å². The van der Waals surface area contributed by atoms with Crippen LogP contribution in [0.2, 0.25) is 0 Å². The molecule has 1 atom stereocenters. The van der Waals surface area contributed by atoms with Crippen LogP contribution in [0.3, 0.4) is 0 Å². The molecule has 0 aromatic heterocycles. The molecule has 6 nitrogen and oxygen atoms in total. The fraction of sp³-hybridized carbons (Fsp3) is 0.429. The third kappa shape index (κ3) is 4.87. The highest BCUT2D eigenvalue weighted by atomic mass is 32.1. The Balaban J connectivity index is 1.79. The zero-order valence-corrected chi connectivity index (χ0v) is 12.7. The van der Waals surface area contributed by atoms with Crippen molar-refractivity contribution in [2.24, 2.45) is 5.10 Å². The largest absolute Gasteiger partial charge is 0.507 e. The molecule has 0 amide bonds. The van der Waals surface area contributed by atoms with Crippen molar-refractivity contribution in [3.05, 3.63) is 23.8 Å². The van der Waals surface area contributed by atoms with Crippen LogP contribution in [0, 0.1) is 0 Å². The van der Waals surface area contributed by atoms with E-state index in [1.807, 2.05) is 0 Å². The maximum Gasteiger partial charge on any atom is 0.187 e. The summed E-state index contributed by atoms with van der Waals surface area (Å²) in [6.07, 6.45) is 3.85. The molecular formula is C14H19N3O3S. The molecule has 1 aliphatic rings. The van der Waals surface area contributed by atoms with Gasteiger partial charge in [0.15, 0.2) is 5.11 Å². The number of hydrazone groups is 1. The van der Waals surface area contributed by atoms with Gasteiger partial charge in [-0.05, 0) is 43.3 Å². The number of benzene rings is 1. The molecule has 21 heavy (non-hydrogen) atoms. The van der Waals surface area contributed by atoms with E-state index < -0.39 is 0 Å². The summed E-state index contributed by atoms with van der Waals surface area (Å²) in [6.45, 7) is 1.49. The lowest BCUT2D eigenvalue weighted by Gasteiger charge is -2.11. The molecule has 1 heterocycles. The van der Waals surface area contributed by atoms with Crippen molar-refractivity contribution in [2.45, 2.75) is 18.9 Å². The number of phenols is 1. The number of aromatic hydroxyl groups is 1. The van der Waals surface area contributed by atoms with Gasteiger partial charge in [-0.3, -0.25) is 5.43 Å². The van der Waals surface area contributed by atoms with Gasteiger partial charge in [-0.15, -0.1) is 0 Å². The van der Waals surface area contributed by atoms with Crippen LogP contribution in [0.1, 0.15) is 18.4 Å². The quantitative estimate of drug-likeness (QED) is 0.433. The number of nitrogens with one attached hydrogen (secondary N) is 2. The first-order chi connectivity index (χ1) is 10.2. The van der Waals surface area contributed by atoms with Gasteiger partial charge in [0.1, 0.15) is 11.5 Å². The van der Waals surface area contributed by atoms with Gasteiger partial charge in [0.25, 0.3) is 0 Å². The summed E-state index contributed by atoms with van der Waals surface area (Å²) in [5.41, 5.74) is 3.25. The Morgan fingerprint density at radius 1 is 1.62 bits per heavy atom. The Hall–Kier alpha value is -1.86. The highest BCUT2D eigenvalue weighted by Crippen LogP contribution is 2.20. The molecule has 1 unspecified atom stereocenters. The van der Waals surface area contributed by atoms with E-state index in [1.165, 1.54) is 6.21 Å². The van der Waals surface area contributed by atoms with Crippen LogP contribution in [0.15, 0.2) is 23.3 Å². The van der Waals surface area contributed by atoms with E-state index in [9.17, 15) is 5.11 Å². The van der Waals surface area contributed by atoms with Crippen molar-refractivity contribution >= 4 is 23.5 Å². The van der Waals surface area contributed by atoms with Crippen LogP contribution in [0.25, 0.3) is 0 Å². The molecule has 7 heteroatoms. The van der Waals surface area contributed by atoms with Gasteiger partial charge < -0.3 is 19.9 Å². The Morgan fingerprint density at radius 2 is 2.48 bits per heavy atom. The number of phenolic OH excluding ortho intramolecular Hbond substituents is 1. The lowest BCUT2D eigenvalue weighted by molar-refractivity contribution is 0.114. The standard InChI is InChI=1S/C14H19N3O3S/c1-19-11-4-5-13(18)10(7-11)8-16-17-14(21)15-9-12-3-2-6-20-12/h4-5,7-8,12,18H,2-3,6,9H2,1H3,(H2,15,17,21). The predicted octanol–water partition coefficient (Wildman–Crippen LogP) is 1.38. The number of hydrogen-bond acceptors (Lipinski definition) is 5. The summed E-state index contributed by atoms with van der Waals surface area (Å²) in [7, 11) is 1.57. The van der Waals surface area contributed by atoms with E-state index in [-0.39, 0.29) is 11.9 Å². The molecule has 1 fully saturated rings. The Bertz CT molecular complexity index is 516. The minimum Gasteiger partial charge on any atom is -0.507 e. The van der Waals surface area contributed by atoms with Crippen molar-refractivity contribution < 1.29 is 14.6 Å². The van der Waals surface area contributed by atoms with Gasteiger partial charge in [-0.25, -0.2) is 0 Å². The van der Waals surface area contributed by atoms with Gasteiger partial charge >= 0.3 is 0 Å². The summed E-state index contributed by atoms with van der Waals surface area (Å²) >= 11 is 5.11. The molecule has 114 valence electrons. The summed E-state index contributed by atoms with van der Waals surface area (Å²) in [5, 5.41) is 17.2. The minimum atomic E-state index is 0.125. The van der Waals surface area contributed by atoms with Gasteiger partial charge in [0.2, 0.25) is 0 Å². The van der Waals surface area contributed by atoms with Crippen LogP contribution in [-0.4, -0.2) is 42.8 Å². The van der Waals surface area contributed by atoms with Gasteiger partial charge in [0, 0.05) is 18.7 Å². The summed E-state index contributed by atoms with van der Waals surface area (Å²) in [4.78, 5) is 0. The molecule has 0 bridgehead atoms. The average molecular weight is 309 g/mol. The second kappa shape index (κ2) is 7.80. The molecule has 2 rings (SSSR count). The number of methoxy groups -OCH3 is 1. The Labute approximate surface area is 129 Å². The molecule has 3 N–H and O–H groups in total. The second-order valence-electron chi connectivity index (χ2n) is 4.64. The lowest BCUT2D eigenvalue weighted by Crippen LogP contribution is -2.37. The van der Waals surface area contributed by atoms with Gasteiger partial charge in [-0.2, -0.15) is 5.10 Å². The van der Waals surface area contributed by atoms with Crippen molar-refractivity contribution in [2.75, 3.05) is 20.3 Å². The van der Waals surface area contributed by atoms with Gasteiger partial charge in [-0.1, -0.05) is 0 Å². The van der Waals surface area contributed by atoms with Crippen LogP contribution >= 0.6 is 12.2 Å². The SMILES string of the molecule is COc1ccc(O)c(C=NNC(=S)NCC2CCCO2)c1. The van der Waals surface area contributed by atoms with Crippen molar-refractivity contribution in [1.29, 1.82) is 0 Å². The van der Waals surface area contributed by atoms with E-state index in [0.717, 1.165) is 19.4 Å². The molecule has 0 aliphatic carbocycles. The number of rotatable bonds is 5. The monoisotopic (exact) mass is 309 g/mol. The molecule has 0 spiro atoms. The second-order valence-corrected chi connectivity index (χ2v) is 5.05. The van der Waals surface area contributed by atoms with Crippen LogP contribution in [-0.2, 0) is 4.74 Å². The average Bonchev–Trinajstić information content (AvgIpc) is 3.00. The fourth-order valence-electron chi connectivity index (χ4n) is 1.97. The maximum absolute atomic E-state index is 9.70. The highest BCUT2D eigenvalue weighted by Gasteiger charge is 2.14. The number of hydrogen-bond donors (Lipinski definition) is 3. The van der Waals surface area contributed by atoms with Crippen LogP contribution < -0.4 is 15.5 Å². The number of ether oxygens (including phenoxy) is 2. The van der Waals surface area contributed by atoms with Crippen molar-refractivity contribution in [1.82, 2.24) is 10.7 Å². The third-order valence-electron chi connectivity index (χ3n) is 3.12. The third-order valence-corrected chi connectivity index (χ3v) is 3.35. The van der Waals surface area contributed by atoms with Crippen molar-refractivity contribution in [3.63, 3.8) is 0 Å². The topological polar surface area (TPSA) is 75.1 Å². The van der Waals surface area contributed by atoms with Gasteiger partial charge in [0.05, 0.1) is 19.4 Å². The molecular weight excluding hydrogens is 290 g/mol. The minimum absolute atomic E-state index is 0.125. The highest BCUT2D eigenvalue weighted by molar-refractivity contribution is 7.80. The zero-order valence-electron chi connectivity index (χ0n) is 11.8. The molecule has 1 aromatic rings. The summed E-state index contributed by atoms with van der Waals surface area (Å²) in [5.74, 6) is 0.771. The first kappa shape index (κ1) is 15.5. The Morgan fingerprint density at radius 3 is 3.19 bits per heavy atom. The van der Waals surface area contributed by atoms with E-state index in [1.54, 1.807) is 25.3 Å². The smallest absolute Gasteiger partial charge is 0.187 e. The van der Waals surface area contributed by atoms with E-state index in [2.05, 4.69) is 15.8 Å². The first-order valence-electron chi connectivity index (χ1n) is 6.74. The van der Waals surface area contributed by atoms with Crippen LogP contribution in [0.5, 0.6) is 11.5 Å². The zero-order chi connectivity index (χ0) is 15.1. The van der Waals surface area contributed by atoms with E-state index >= 15 is 0 Å². The fourth-order valence-corrected chi connectivity index (χ4v) is 2.11. The Kier molecular flexibility index (Phi) is 5.77. The molecule has 0 radical (unpaired) electrons. The summed E-state index contributed by atoms with van der Waals surface area (Å²) in [6, 6.07) is 4.91. The lowest BCUT2D eigenvalue weighted by atomic mass is 10.2. The first-order valence-corrected chi connectivity index (χ1v) is 7.15. The molecule has 1 saturated heterocycles. The van der Waals surface area contributed by atoms with E-state index in [0.29, 0.717) is 23.0 Å². The number of nitrogens with zero attached hydrogens (tertiary/aromatic N) is 1. The molecule has 1 aromatic carbocycles. The molecule has 0 saturated carbocycles. The predicted molar refractivity (Wildman–Crippen MR) is 85.0 cm³/mol. The van der Waals surface area contributed by atoms with Crippen molar-refractivity contribution in [3.8, 4) is 11.5 Å². The number of thiocarbonyl (C=S) groups is 1. The summed E-state index contributed by atoms with van der Waals surface area (Å²) < 4.78 is 10.6. The molecule has 1 aliphatic heterocycles. The normalized spacial score (nSPS) is 17.9.